The number of methoxy groups -OCH3 is 2. The summed E-state index contributed by atoms with van der Waals surface area (Å²) in [5.74, 6) is 1.76. The molecule has 2 heterocycles. The van der Waals surface area contributed by atoms with Gasteiger partial charge in [-0.25, -0.2) is 0 Å². The van der Waals surface area contributed by atoms with Crippen molar-refractivity contribution in [1.29, 1.82) is 0 Å². The molecule has 0 bridgehead atoms. The molecule has 126 valence electrons. The normalized spacial score (nSPS) is 22.3. The van der Waals surface area contributed by atoms with Gasteiger partial charge in [-0.05, 0) is 6.07 Å². The van der Waals surface area contributed by atoms with Crippen LogP contribution in [0, 0.1) is 5.92 Å². The van der Waals surface area contributed by atoms with Gasteiger partial charge < -0.3 is 18.9 Å². The third-order valence-corrected chi connectivity index (χ3v) is 4.44. The zero-order chi connectivity index (χ0) is 16.6. The molecule has 0 aromatic heterocycles. The molecule has 1 aromatic rings. The van der Waals surface area contributed by atoms with Crippen molar-refractivity contribution < 1.29 is 31.5 Å². The number of hydrogen-bond acceptors (Lipinski definition) is 7. The van der Waals surface area contributed by atoms with Crippen molar-refractivity contribution in [3.8, 4) is 17.2 Å². The van der Waals surface area contributed by atoms with Crippen molar-refractivity contribution in [2.75, 3.05) is 33.7 Å². The summed E-state index contributed by atoms with van der Waals surface area (Å²) in [5.41, 5.74) is 1.79. The van der Waals surface area contributed by atoms with E-state index in [2.05, 4.69) is 0 Å². The van der Waals surface area contributed by atoms with Crippen molar-refractivity contribution in [3.05, 3.63) is 24.0 Å². The monoisotopic (exact) mass is 342 g/mol. The molecule has 0 aliphatic carbocycles. The van der Waals surface area contributed by atoms with Crippen LogP contribution in [0.3, 0.4) is 0 Å². The second kappa shape index (κ2) is 5.93. The first-order valence-electron chi connectivity index (χ1n) is 7.02. The molecule has 2 aliphatic heterocycles. The van der Waals surface area contributed by atoms with Gasteiger partial charge in [-0.2, -0.15) is 8.42 Å². The van der Waals surface area contributed by atoms with E-state index in [1.54, 1.807) is 26.5 Å². The Morgan fingerprint density at radius 3 is 2.57 bits per heavy atom. The molecule has 0 amide bonds. The Morgan fingerprint density at radius 1 is 1.22 bits per heavy atom. The Kier molecular flexibility index (Phi) is 4.11. The number of fused-ring (bicyclic) bond motifs is 3. The Balaban J connectivity index is 1.85. The van der Waals surface area contributed by atoms with Crippen LogP contribution in [-0.2, 0) is 19.0 Å². The number of benzene rings is 1. The summed E-state index contributed by atoms with van der Waals surface area (Å²) in [6.45, 7) is 0.335. The molecule has 2 atom stereocenters. The van der Waals surface area contributed by atoms with Crippen molar-refractivity contribution in [1.82, 2.24) is 0 Å². The molecule has 2 aliphatic rings. The maximum absolute atomic E-state index is 11.1. The van der Waals surface area contributed by atoms with E-state index in [9.17, 15) is 8.42 Å². The zero-order valence-electron chi connectivity index (χ0n) is 13.1. The number of rotatable bonds is 5. The first-order valence-corrected chi connectivity index (χ1v) is 8.83. The highest BCUT2D eigenvalue weighted by Crippen LogP contribution is 2.46. The Morgan fingerprint density at radius 2 is 1.91 bits per heavy atom. The molecule has 0 saturated carbocycles. The Labute approximate surface area is 134 Å². The highest BCUT2D eigenvalue weighted by Gasteiger charge is 2.38. The number of ether oxygens (including phenoxy) is 4. The first kappa shape index (κ1) is 15.9. The molecule has 2 unspecified atom stereocenters. The van der Waals surface area contributed by atoms with Gasteiger partial charge in [0, 0.05) is 17.2 Å². The second-order valence-electron chi connectivity index (χ2n) is 5.36. The van der Waals surface area contributed by atoms with Gasteiger partial charge in [0.1, 0.15) is 18.5 Å². The molecule has 8 heteroatoms. The van der Waals surface area contributed by atoms with Crippen molar-refractivity contribution in [2.24, 2.45) is 5.92 Å². The SMILES string of the molecule is COc1cc2c(cc1OC)C1=COC(COS(C)(=O)=O)C1CO2. The van der Waals surface area contributed by atoms with Gasteiger partial charge in [-0.1, -0.05) is 0 Å². The van der Waals surface area contributed by atoms with Crippen molar-refractivity contribution >= 4 is 15.7 Å². The van der Waals surface area contributed by atoms with E-state index in [0.29, 0.717) is 23.9 Å². The zero-order valence-corrected chi connectivity index (χ0v) is 13.9. The van der Waals surface area contributed by atoms with E-state index in [-0.39, 0.29) is 12.5 Å². The van der Waals surface area contributed by atoms with E-state index in [0.717, 1.165) is 17.4 Å². The lowest BCUT2D eigenvalue weighted by molar-refractivity contribution is 0.0647. The molecule has 23 heavy (non-hydrogen) atoms. The molecule has 1 aromatic carbocycles. The minimum atomic E-state index is -3.51. The van der Waals surface area contributed by atoms with Crippen LogP contribution in [0.15, 0.2) is 18.4 Å². The summed E-state index contributed by atoms with van der Waals surface area (Å²) in [6.07, 6.45) is 2.25. The molecule has 0 radical (unpaired) electrons. The fourth-order valence-electron chi connectivity index (χ4n) is 2.73. The summed E-state index contributed by atoms with van der Waals surface area (Å²) in [5, 5.41) is 0. The summed E-state index contributed by atoms with van der Waals surface area (Å²) in [6, 6.07) is 3.60. The average Bonchev–Trinajstić information content (AvgIpc) is 2.94. The molecule has 0 saturated heterocycles. The molecular weight excluding hydrogens is 324 g/mol. The lowest BCUT2D eigenvalue weighted by atomic mass is 9.88. The van der Waals surface area contributed by atoms with Crippen LogP contribution in [0.2, 0.25) is 0 Å². The maximum atomic E-state index is 11.1. The Hall–Kier alpha value is -1.93. The topological polar surface area (TPSA) is 80.3 Å². The quantitative estimate of drug-likeness (QED) is 0.749. The molecule has 0 spiro atoms. The molecule has 7 nitrogen and oxygen atoms in total. The number of hydrogen-bond donors (Lipinski definition) is 0. The van der Waals surface area contributed by atoms with Crippen LogP contribution in [0.5, 0.6) is 17.2 Å². The van der Waals surface area contributed by atoms with Crippen molar-refractivity contribution in [3.63, 3.8) is 0 Å². The largest absolute Gasteiger partial charge is 0.494 e. The fourth-order valence-corrected chi connectivity index (χ4v) is 3.12. The standard InChI is InChI=1S/C15H18O7S/c1-18-13-4-9-10-6-21-15(8-22-23(3,16)17)11(10)7-20-12(9)5-14(13)19-2/h4-6,11,15H,7-8H2,1-3H3. The summed E-state index contributed by atoms with van der Waals surface area (Å²) < 4.78 is 49.1. The minimum Gasteiger partial charge on any atom is -0.494 e. The van der Waals surface area contributed by atoms with E-state index in [1.807, 2.05) is 6.07 Å². The van der Waals surface area contributed by atoms with Crippen molar-refractivity contribution in [2.45, 2.75) is 6.10 Å². The summed E-state index contributed by atoms with van der Waals surface area (Å²) in [4.78, 5) is 0. The van der Waals surface area contributed by atoms with Gasteiger partial charge in [0.05, 0.1) is 39.3 Å². The third kappa shape index (κ3) is 3.09. The third-order valence-electron chi connectivity index (χ3n) is 3.88. The molecule has 3 rings (SSSR count). The van der Waals surface area contributed by atoms with E-state index < -0.39 is 16.2 Å². The van der Waals surface area contributed by atoms with Crippen LogP contribution in [0.25, 0.3) is 5.57 Å². The van der Waals surface area contributed by atoms with Gasteiger partial charge >= 0.3 is 0 Å². The lowest BCUT2D eigenvalue weighted by Crippen LogP contribution is -2.32. The summed E-state index contributed by atoms with van der Waals surface area (Å²) in [7, 11) is -0.385. The van der Waals surface area contributed by atoms with Gasteiger partial charge in [0.15, 0.2) is 11.5 Å². The van der Waals surface area contributed by atoms with Crippen LogP contribution in [-0.4, -0.2) is 48.2 Å². The van der Waals surface area contributed by atoms with Crippen LogP contribution in [0.1, 0.15) is 5.56 Å². The predicted molar refractivity (Wildman–Crippen MR) is 82.2 cm³/mol. The fraction of sp³-hybridized carbons (Fsp3) is 0.467. The van der Waals surface area contributed by atoms with Crippen LogP contribution >= 0.6 is 0 Å². The highest BCUT2D eigenvalue weighted by atomic mass is 32.2. The van der Waals surface area contributed by atoms with E-state index in [1.165, 1.54) is 0 Å². The minimum absolute atomic E-state index is 0.0461. The van der Waals surface area contributed by atoms with E-state index in [4.69, 9.17) is 23.1 Å². The van der Waals surface area contributed by atoms with Gasteiger partial charge in [0.25, 0.3) is 10.1 Å². The molecule has 0 N–H and O–H groups in total. The van der Waals surface area contributed by atoms with Gasteiger partial charge in [0.2, 0.25) is 0 Å². The Bertz CT molecular complexity index is 738. The van der Waals surface area contributed by atoms with Crippen LogP contribution < -0.4 is 14.2 Å². The van der Waals surface area contributed by atoms with Gasteiger partial charge in [-0.3, -0.25) is 4.18 Å². The lowest BCUT2D eigenvalue weighted by Gasteiger charge is -2.27. The van der Waals surface area contributed by atoms with E-state index >= 15 is 0 Å². The summed E-state index contributed by atoms with van der Waals surface area (Å²) >= 11 is 0. The van der Waals surface area contributed by atoms with Gasteiger partial charge in [-0.15, -0.1) is 0 Å². The van der Waals surface area contributed by atoms with Crippen LogP contribution in [0.4, 0.5) is 0 Å². The smallest absolute Gasteiger partial charge is 0.264 e. The highest BCUT2D eigenvalue weighted by molar-refractivity contribution is 7.85. The predicted octanol–water partition coefficient (Wildman–Crippen LogP) is 1.43. The molecular formula is C15H18O7S. The second-order valence-corrected chi connectivity index (χ2v) is 7.00. The first-order chi connectivity index (χ1) is 10.9. The molecule has 0 fully saturated rings. The maximum Gasteiger partial charge on any atom is 0.264 e. The average molecular weight is 342 g/mol.